The van der Waals surface area contributed by atoms with Crippen LogP contribution in [0, 0.1) is 0 Å². The molecule has 2 aromatic carbocycles. The number of hydrogen-bond donors (Lipinski definition) is 0. The second-order valence-electron chi connectivity index (χ2n) is 7.05. The second-order valence-corrected chi connectivity index (χ2v) is 8.59. The van der Waals surface area contributed by atoms with Crippen molar-refractivity contribution >= 4 is 20.9 Å². The first-order valence-corrected chi connectivity index (χ1v) is 11.2. The molecule has 0 aromatic heterocycles. The van der Waals surface area contributed by atoms with Crippen molar-refractivity contribution in [2.75, 3.05) is 0 Å². The minimum Gasteiger partial charge on any atom is -0.376 e. The van der Waals surface area contributed by atoms with Crippen molar-refractivity contribution in [1.29, 1.82) is 0 Å². The van der Waals surface area contributed by atoms with Crippen molar-refractivity contribution in [3.63, 3.8) is 0 Å². The fourth-order valence-electron chi connectivity index (χ4n) is 3.12. The van der Waals surface area contributed by atoms with Crippen LogP contribution in [-0.2, 0) is 16.5 Å². The van der Waals surface area contributed by atoms with Gasteiger partial charge in [-0.25, -0.2) is 0 Å². The highest BCUT2D eigenvalue weighted by molar-refractivity contribution is 7.88. The summed E-state index contributed by atoms with van der Waals surface area (Å²) < 4.78 is 63.7. The van der Waals surface area contributed by atoms with Crippen LogP contribution in [0.15, 0.2) is 36.4 Å². The van der Waals surface area contributed by atoms with Gasteiger partial charge in [-0.2, -0.15) is 21.6 Å². The average molecular weight is 417 g/mol. The van der Waals surface area contributed by atoms with Crippen LogP contribution >= 0.6 is 0 Å². The maximum atomic E-state index is 12.4. The maximum absolute atomic E-state index is 12.4. The molecule has 0 aliphatic rings. The molecule has 2 aromatic rings. The predicted octanol–water partition coefficient (Wildman–Crippen LogP) is 6.75. The molecule has 0 N–H and O–H groups in total. The van der Waals surface area contributed by atoms with Gasteiger partial charge in [0.2, 0.25) is 0 Å². The van der Waals surface area contributed by atoms with Gasteiger partial charge in [-0.1, -0.05) is 76.1 Å². The van der Waals surface area contributed by atoms with Gasteiger partial charge in [-0.15, -0.1) is 0 Å². The van der Waals surface area contributed by atoms with E-state index in [-0.39, 0.29) is 5.75 Å². The van der Waals surface area contributed by atoms with Crippen LogP contribution < -0.4 is 4.18 Å². The quantitative estimate of drug-likeness (QED) is 0.231. The summed E-state index contributed by atoms with van der Waals surface area (Å²) >= 11 is 0. The second kappa shape index (κ2) is 10.1. The van der Waals surface area contributed by atoms with E-state index in [0.717, 1.165) is 23.8 Å². The Balaban J connectivity index is 1.89. The molecular formula is C21H27F3O3S. The van der Waals surface area contributed by atoms with Gasteiger partial charge in [0.05, 0.1) is 0 Å². The van der Waals surface area contributed by atoms with Crippen molar-refractivity contribution in [3.8, 4) is 5.75 Å². The predicted molar refractivity (Wildman–Crippen MR) is 106 cm³/mol. The molecule has 28 heavy (non-hydrogen) atoms. The van der Waals surface area contributed by atoms with Gasteiger partial charge in [0.1, 0.15) is 5.75 Å². The van der Waals surface area contributed by atoms with E-state index in [1.54, 1.807) is 12.1 Å². The number of benzene rings is 2. The summed E-state index contributed by atoms with van der Waals surface area (Å²) in [6.45, 7) is 2.21. The molecule has 0 saturated carbocycles. The molecule has 7 heteroatoms. The molecule has 0 atom stereocenters. The highest BCUT2D eigenvalue weighted by Crippen LogP contribution is 2.29. The van der Waals surface area contributed by atoms with Crippen LogP contribution in [-0.4, -0.2) is 13.9 Å². The zero-order valence-electron chi connectivity index (χ0n) is 16.1. The molecule has 0 radical (unpaired) electrons. The lowest BCUT2D eigenvalue weighted by atomic mass is 10.0. The lowest BCUT2D eigenvalue weighted by molar-refractivity contribution is -0.0500. The molecule has 0 amide bonds. The number of aryl methyl sites for hydroxylation is 1. The number of fused-ring (bicyclic) bond motifs is 1. The van der Waals surface area contributed by atoms with E-state index >= 15 is 0 Å². The standard InChI is InChI=1S/C21H27F3O3S/c1-2-3-4-5-6-7-8-9-10-17-11-12-19-16-20(14-13-18(19)15-17)27-28(25,26)21(22,23)24/h11-16H,2-10H2,1H3. The van der Waals surface area contributed by atoms with Crippen molar-refractivity contribution in [2.24, 2.45) is 0 Å². The topological polar surface area (TPSA) is 43.4 Å². The fraction of sp³-hybridized carbons (Fsp3) is 0.524. The maximum Gasteiger partial charge on any atom is 0.534 e. The summed E-state index contributed by atoms with van der Waals surface area (Å²) in [5, 5.41) is 1.48. The molecule has 2 rings (SSSR count). The van der Waals surface area contributed by atoms with Crippen LogP contribution in [0.2, 0.25) is 0 Å². The van der Waals surface area contributed by atoms with Gasteiger partial charge < -0.3 is 4.18 Å². The third-order valence-corrected chi connectivity index (χ3v) is 5.66. The highest BCUT2D eigenvalue weighted by Gasteiger charge is 2.48. The van der Waals surface area contributed by atoms with Crippen LogP contribution in [0.25, 0.3) is 10.8 Å². The molecule has 0 saturated heterocycles. The molecule has 0 aliphatic heterocycles. The first-order valence-electron chi connectivity index (χ1n) is 9.76. The van der Waals surface area contributed by atoms with E-state index in [4.69, 9.17) is 0 Å². The van der Waals surface area contributed by atoms with Crippen molar-refractivity contribution in [3.05, 3.63) is 42.0 Å². The highest BCUT2D eigenvalue weighted by atomic mass is 32.2. The fourth-order valence-corrected chi connectivity index (χ4v) is 3.57. The Morgan fingerprint density at radius 1 is 0.821 bits per heavy atom. The molecule has 0 fully saturated rings. The summed E-state index contributed by atoms with van der Waals surface area (Å²) in [5.41, 5.74) is -4.28. The number of unbranched alkanes of at least 4 members (excludes halogenated alkanes) is 7. The Hall–Kier alpha value is -1.76. The van der Waals surface area contributed by atoms with Crippen LogP contribution in [0.5, 0.6) is 5.75 Å². The third-order valence-electron chi connectivity index (χ3n) is 4.68. The van der Waals surface area contributed by atoms with Crippen molar-refractivity contribution < 1.29 is 25.8 Å². The lowest BCUT2D eigenvalue weighted by Crippen LogP contribution is -2.28. The zero-order chi connectivity index (χ0) is 20.6. The number of alkyl halides is 3. The summed E-state index contributed by atoms with van der Waals surface area (Å²) in [5.74, 6) is -0.347. The molecule has 0 bridgehead atoms. The SMILES string of the molecule is CCCCCCCCCCc1ccc2cc(OS(=O)(=O)C(F)(F)F)ccc2c1. The molecule has 0 aliphatic carbocycles. The van der Waals surface area contributed by atoms with Gasteiger partial charge in [0.15, 0.2) is 0 Å². The van der Waals surface area contributed by atoms with E-state index < -0.39 is 15.6 Å². The van der Waals surface area contributed by atoms with Crippen LogP contribution in [0.3, 0.4) is 0 Å². The first-order chi connectivity index (χ1) is 13.2. The summed E-state index contributed by atoms with van der Waals surface area (Å²) in [4.78, 5) is 0. The van der Waals surface area contributed by atoms with E-state index in [1.807, 2.05) is 12.1 Å². The molecular weight excluding hydrogens is 389 g/mol. The minimum absolute atomic E-state index is 0.347. The average Bonchev–Trinajstić information content (AvgIpc) is 2.62. The largest absolute Gasteiger partial charge is 0.534 e. The lowest BCUT2D eigenvalue weighted by Gasteiger charge is -2.10. The van der Waals surface area contributed by atoms with Crippen molar-refractivity contribution in [2.45, 2.75) is 70.2 Å². The number of halogens is 3. The normalized spacial score (nSPS) is 12.4. The zero-order valence-corrected chi connectivity index (χ0v) is 16.9. The van der Waals surface area contributed by atoms with E-state index in [0.29, 0.717) is 5.39 Å². The van der Waals surface area contributed by atoms with Gasteiger partial charge >= 0.3 is 15.6 Å². The smallest absolute Gasteiger partial charge is 0.376 e. The molecule has 0 unspecified atom stereocenters. The Bertz CT molecular complexity index is 861. The van der Waals surface area contributed by atoms with Gasteiger partial charge in [0.25, 0.3) is 0 Å². The number of hydrogen-bond acceptors (Lipinski definition) is 3. The molecule has 156 valence electrons. The molecule has 3 nitrogen and oxygen atoms in total. The van der Waals surface area contributed by atoms with Crippen LogP contribution in [0.4, 0.5) is 13.2 Å². The Labute approximate surface area is 165 Å². The van der Waals surface area contributed by atoms with E-state index in [1.165, 1.54) is 57.1 Å². The minimum atomic E-state index is -5.65. The van der Waals surface area contributed by atoms with Gasteiger partial charge in [-0.3, -0.25) is 0 Å². The monoisotopic (exact) mass is 416 g/mol. The summed E-state index contributed by atoms with van der Waals surface area (Å²) in [6, 6.07) is 9.81. The van der Waals surface area contributed by atoms with Crippen LogP contribution in [0.1, 0.15) is 63.9 Å². The first kappa shape index (κ1) is 22.5. The molecule has 0 spiro atoms. The van der Waals surface area contributed by atoms with E-state index in [9.17, 15) is 21.6 Å². The summed E-state index contributed by atoms with van der Waals surface area (Å²) in [6.07, 6.45) is 10.9. The Morgan fingerprint density at radius 2 is 1.39 bits per heavy atom. The molecule has 0 heterocycles. The third kappa shape index (κ3) is 6.69. The van der Waals surface area contributed by atoms with Gasteiger partial charge in [0, 0.05) is 0 Å². The summed E-state index contributed by atoms with van der Waals surface area (Å²) in [7, 11) is -5.65. The van der Waals surface area contributed by atoms with Crippen molar-refractivity contribution in [1.82, 2.24) is 0 Å². The van der Waals surface area contributed by atoms with Gasteiger partial charge in [-0.05, 0) is 41.3 Å². The Morgan fingerprint density at radius 3 is 2.04 bits per heavy atom. The Kier molecular flexibility index (Phi) is 8.16. The van der Waals surface area contributed by atoms with E-state index in [2.05, 4.69) is 11.1 Å². The number of rotatable bonds is 11.